The molecule has 3 unspecified atom stereocenters. The Hall–Kier alpha value is -3.47. The summed E-state index contributed by atoms with van der Waals surface area (Å²) < 4.78 is 0. The Labute approximate surface area is 178 Å². The highest BCUT2D eigenvalue weighted by Gasteiger charge is 2.29. The quantitative estimate of drug-likeness (QED) is 0.247. The van der Waals surface area contributed by atoms with Gasteiger partial charge in [-0.15, -0.1) is 0 Å². The Morgan fingerprint density at radius 2 is 1.74 bits per heavy atom. The first-order valence-electron chi connectivity index (χ1n) is 9.85. The van der Waals surface area contributed by atoms with Crippen molar-refractivity contribution >= 4 is 29.7 Å². The first-order chi connectivity index (χ1) is 14.8. The number of nitrogens with one attached hydrogen (secondary N) is 4. The third-order valence-electron chi connectivity index (χ3n) is 4.73. The van der Waals surface area contributed by atoms with Crippen LogP contribution in [-0.2, 0) is 30.4 Å². The second-order valence-electron chi connectivity index (χ2n) is 7.17. The molecule has 1 saturated heterocycles. The van der Waals surface area contributed by atoms with Gasteiger partial charge in [-0.05, 0) is 24.9 Å². The van der Waals surface area contributed by atoms with Gasteiger partial charge in [-0.25, -0.2) is 4.79 Å². The van der Waals surface area contributed by atoms with Crippen LogP contribution in [0.25, 0.3) is 0 Å². The Kier molecular flexibility index (Phi) is 8.94. The summed E-state index contributed by atoms with van der Waals surface area (Å²) in [6, 6.07) is 5.66. The highest BCUT2D eigenvalue weighted by molar-refractivity contribution is 5.94. The first kappa shape index (κ1) is 23.8. The van der Waals surface area contributed by atoms with Gasteiger partial charge in [0, 0.05) is 6.42 Å². The molecular formula is C20H26N4O7. The number of hydrogen-bond donors (Lipinski definition) is 6. The molecule has 31 heavy (non-hydrogen) atoms. The van der Waals surface area contributed by atoms with Crippen LogP contribution in [0.15, 0.2) is 30.3 Å². The fourth-order valence-corrected chi connectivity index (χ4v) is 3.15. The largest absolute Gasteiger partial charge is 0.481 e. The number of amides is 3. The molecule has 3 atom stereocenters. The maximum absolute atomic E-state index is 12.3. The molecule has 11 heteroatoms. The lowest BCUT2D eigenvalue weighted by Crippen LogP contribution is -2.54. The van der Waals surface area contributed by atoms with Crippen LogP contribution in [0.1, 0.15) is 24.8 Å². The van der Waals surface area contributed by atoms with Crippen LogP contribution in [-0.4, -0.2) is 71.1 Å². The Balaban J connectivity index is 1.88. The molecule has 1 aliphatic rings. The van der Waals surface area contributed by atoms with Crippen molar-refractivity contribution in [3.05, 3.63) is 35.9 Å². The van der Waals surface area contributed by atoms with Crippen molar-refractivity contribution in [3.8, 4) is 0 Å². The van der Waals surface area contributed by atoms with Crippen molar-refractivity contribution in [2.75, 3.05) is 13.1 Å². The number of carbonyl (C=O) groups excluding carboxylic acids is 3. The molecule has 0 radical (unpaired) electrons. The van der Waals surface area contributed by atoms with E-state index < -0.39 is 60.8 Å². The molecule has 1 fully saturated rings. The number of benzene rings is 1. The van der Waals surface area contributed by atoms with Gasteiger partial charge < -0.3 is 31.5 Å². The molecule has 0 aromatic heterocycles. The first-order valence-corrected chi connectivity index (χ1v) is 9.85. The Morgan fingerprint density at radius 3 is 2.32 bits per heavy atom. The SMILES string of the molecule is O=C(O)CC(NC(=O)C1CCCN1)C(=O)NCC(=O)NC(Cc1ccccc1)C(=O)O. The second-order valence-corrected chi connectivity index (χ2v) is 7.17. The van der Waals surface area contributed by atoms with E-state index in [1.165, 1.54) is 0 Å². The average molecular weight is 434 g/mol. The molecule has 1 aromatic carbocycles. The van der Waals surface area contributed by atoms with E-state index in [0.717, 1.165) is 6.42 Å². The maximum Gasteiger partial charge on any atom is 0.326 e. The highest BCUT2D eigenvalue weighted by atomic mass is 16.4. The van der Waals surface area contributed by atoms with Crippen molar-refractivity contribution < 1.29 is 34.2 Å². The van der Waals surface area contributed by atoms with Crippen LogP contribution in [0, 0.1) is 0 Å². The Morgan fingerprint density at radius 1 is 1.03 bits per heavy atom. The predicted molar refractivity (Wildman–Crippen MR) is 108 cm³/mol. The lowest BCUT2D eigenvalue weighted by atomic mass is 10.1. The van der Waals surface area contributed by atoms with E-state index >= 15 is 0 Å². The molecule has 0 spiro atoms. The second kappa shape index (κ2) is 11.6. The van der Waals surface area contributed by atoms with Crippen molar-refractivity contribution in [2.45, 2.75) is 43.8 Å². The van der Waals surface area contributed by atoms with E-state index in [9.17, 15) is 29.1 Å². The van der Waals surface area contributed by atoms with Crippen molar-refractivity contribution in [1.29, 1.82) is 0 Å². The van der Waals surface area contributed by atoms with Gasteiger partial charge in [0.1, 0.15) is 12.1 Å². The topological polar surface area (TPSA) is 174 Å². The zero-order valence-corrected chi connectivity index (χ0v) is 16.8. The smallest absolute Gasteiger partial charge is 0.326 e. The third kappa shape index (κ3) is 8.05. The minimum atomic E-state index is -1.36. The molecule has 1 aromatic rings. The molecule has 0 aliphatic carbocycles. The van der Waals surface area contributed by atoms with Crippen molar-refractivity contribution in [1.82, 2.24) is 21.3 Å². The molecule has 6 N–H and O–H groups in total. The summed E-state index contributed by atoms with van der Waals surface area (Å²) in [5.41, 5.74) is 0.712. The highest BCUT2D eigenvalue weighted by Crippen LogP contribution is 2.06. The average Bonchev–Trinajstić information content (AvgIpc) is 3.26. The van der Waals surface area contributed by atoms with Crippen LogP contribution in [0.2, 0.25) is 0 Å². The molecule has 11 nitrogen and oxygen atoms in total. The molecular weight excluding hydrogens is 408 g/mol. The number of carboxylic acids is 2. The summed E-state index contributed by atoms with van der Waals surface area (Å²) in [5.74, 6) is -4.62. The molecule has 1 aliphatic heterocycles. The van der Waals surface area contributed by atoms with Crippen LogP contribution in [0.3, 0.4) is 0 Å². The fourth-order valence-electron chi connectivity index (χ4n) is 3.15. The van der Waals surface area contributed by atoms with Gasteiger partial charge in [0.25, 0.3) is 0 Å². The van der Waals surface area contributed by atoms with Crippen LogP contribution >= 0.6 is 0 Å². The molecule has 1 heterocycles. The molecule has 2 rings (SSSR count). The minimum Gasteiger partial charge on any atom is -0.481 e. The molecule has 168 valence electrons. The summed E-state index contributed by atoms with van der Waals surface area (Å²) in [5, 5.41) is 28.2. The van der Waals surface area contributed by atoms with Crippen LogP contribution in [0.4, 0.5) is 0 Å². The van der Waals surface area contributed by atoms with Gasteiger partial charge >= 0.3 is 11.9 Å². The molecule has 3 amide bonds. The molecule has 0 bridgehead atoms. The zero-order valence-electron chi connectivity index (χ0n) is 16.8. The maximum atomic E-state index is 12.3. The number of carbonyl (C=O) groups is 5. The van der Waals surface area contributed by atoms with E-state index in [1.54, 1.807) is 30.3 Å². The van der Waals surface area contributed by atoms with Gasteiger partial charge in [0.15, 0.2) is 0 Å². The molecule has 0 saturated carbocycles. The van der Waals surface area contributed by atoms with E-state index in [4.69, 9.17) is 5.11 Å². The van der Waals surface area contributed by atoms with E-state index in [-0.39, 0.29) is 6.42 Å². The normalized spacial score (nSPS) is 17.2. The summed E-state index contributed by atoms with van der Waals surface area (Å²) in [6.45, 7) is 0.0901. The summed E-state index contributed by atoms with van der Waals surface area (Å²) in [4.78, 5) is 59.1. The summed E-state index contributed by atoms with van der Waals surface area (Å²) >= 11 is 0. The minimum absolute atomic E-state index is 0.0575. The lowest BCUT2D eigenvalue weighted by Gasteiger charge is -2.20. The third-order valence-corrected chi connectivity index (χ3v) is 4.73. The van der Waals surface area contributed by atoms with E-state index in [1.807, 2.05) is 0 Å². The van der Waals surface area contributed by atoms with Gasteiger partial charge in [-0.3, -0.25) is 19.2 Å². The van der Waals surface area contributed by atoms with E-state index in [0.29, 0.717) is 18.5 Å². The lowest BCUT2D eigenvalue weighted by molar-refractivity contribution is -0.142. The van der Waals surface area contributed by atoms with Crippen molar-refractivity contribution in [3.63, 3.8) is 0 Å². The van der Waals surface area contributed by atoms with Gasteiger partial charge in [0.2, 0.25) is 17.7 Å². The fraction of sp³-hybridized carbons (Fsp3) is 0.450. The number of carboxylic acid groups (broad SMARTS) is 2. The van der Waals surface area contributed by atoms with Crippen molar-refractivity contribution in [2.24, 2.45) is 0 Å². The number of rotatable bonds is 11. The summed E-state index contributed by atoms with van der Waals surface area (Å²) in [7, 11) is 0. The van der Waals surface area contributed by atoms with E-state index in [2.05, 4.69) is 21.3 Å². The standard InChI is InChI=1S/C20H26N4O7/c25-16(23-15(20(30)31)9-12-5-2-1-3-6-12)11-22-18(28)14(10-17(26)27)24-19(29)13-7-4-8-21-13/h1-3,5-6,13-15,21H,4,7-11H2,(H,22,28)(H,23,25)(H,24,29)(H,26,27)(H,30,31). The number of hydrogen-bond acceptors (Lipinski definition) is 6. The monoisotopic (exact) mass is 434 g/mol. The van der Waals surface area contributed by atoms with Gasteiger partial charge in [0.05, 0.1) is 19.0 Å². The predicted octanol–water partition coefficient (Wildman–Crippen LogP) is -1.37. The number of aliphatic carboxylic acids is 2. The van der Waals surface area contributed by atoms with Gasteiger partial charge in [-0.1, -0.05) is 30.3 Å². The Bertz CT molecular complexity index is 809. The van der Waals surface area contributed by atoms with Gasteiger partial charge in [-0.2, -0.15) is 0 Å². The van der Waals surface area contributed by atoms with Crippen LogP contribution in [0.5, 0.6) is 0 Å². The van der Waals surface area contributed by atoms with Crippen LogP contribution < -0.4 is 21.3 Å². The summed E-state index contributed by atoms with van der Waals surface area (Å²) in [6.07, 6.45) is 0.773. The zero-order chi connectivity index (χ0) is 22.8.